The van der Waals surface area contributed by atoms with Crippen molar-refractivity contribution in [2.75, 3.05) is 12.4 Å². The van der Waals surface area contributed by atoms with E-state index in [1.807, 2.05) is 30.3 Å². The molecule has 3 rings (SSSR count). The van der Waals surface area contributed by atoms with Gasteiger partial charge >= 0.3 is 5.97 Å². The van der Waals surface area contributed by atoms with Gasteiger partial charge in [0.15, 0.2) is 5.69 Å². The Morgan fingerprint density at radius 2 is 1.92 bits per heavy atom. The number of ether oxygens (including phenoxy) is 1. The molecule has 0 spiro atoms. The Kier molecular flexibility index (Phi) is 4.76. The molecular weight excluding hydrogens is 344 g/mol. The first-order chi connectivity index (χ1) is 12.1. The molecule has 25 heavy (non-hydrogen) atoms. The summed E-state index contributed by atoms with van der Waals surface area (Å²) in [5, 5.41) is 11.1. The minimum Gasteiger partial charge on any atom is -0.465 e. The molecule has 0 saturated carbocycles. The highest BCUT2D eigenvalue weighted by Crippen LogP contribution is 2.24. The van der Waals surface area contributed by atoms with Gasteiger partial charge in [-0.25, -0.2) is 4.79 Å². The molecule has 0 radical (unpaired) electrons. The molecular formula is C17H13ClN4O3. The number of esters is 1. The van der Waals surface area contributed by atoms with E-state index in [0.717, 1.165) is 5.69 Å². The van der Waals surface area contributed by atoms with Crippen LogP contribution in [-0.4, -0.2) is 34.0 Å². The summed E-state index contributed by atoms with van der Waals surface area (Å²) in [5.74, 6) is -1.02. The van der Waals surface area contributed by atoms with Crippen molar-refractivity contribution in [1.29, 1.82) is 0 Å². The maximum Gasteiger partial charge on any atom is 0.337 e. The first kappa shape index (κ1) is 16.7. The molecule has 0 fully saturated rings. The highest BCUT2D eigenvalue weighted by atomic mass is 35.5. The third-order valence-corrected chi connectivity index (χ3v) is 3.68. The van der Waals surface area contributed by atoms with Crippen LogP contribution in [-0.2, 0) is 4.74 Å². The van der Waals surface area contributed by atoms with Gasteiger partial charge in [-0.2, -0.15) is 9.90 Å². The van der Waals surface area contributed by atoms with Gasteiger partial charge in [-0.15, -0.1) is 5.10 Å². The van der Waals surface area contributed by atoms with Crippen LogP contribution in [0, 0.1) is 0 Å². The van der Waals surface area contributed by atoms with Crippen molar-refractivity contribution in [2.24, 2.45) is 0 Å². The number of para-hydroxylation sites is 1. The van der Waals surface area contributed by atoms with E-state index in [4.69, 9.17) is 11.6 Å². The Labute approximate surface area is 148 Å². The minimum atomic E-state index is -0.526. The zero-order valence-corrected chi connectivity index (χ0v) is 13.9. The number of carbonyl (C=O) groups excluding carboxylic acids is 2. The predicted octanol–water partition coefficient (Wildman–Crippen LogP) is 2.96. The van der Waals surface area contributed by atoms with Gasteiger partial charge in [0.2, 0.25) is 0 Å². The second-order valence-electron chi connectivity index (χ2n) is 5.00. The van der Waals surface area contributed by atoms with Gasteiger partial charge in [0, 0.05) is 0 Å². The number of aromatic nitrogens is 3. The van der Waals surface area contributed by atoms with Gasteiger partial charge in [-0.1, -0.05) is 29.8 Å². The summed E-state index contributed by atoms with van der Waals surface area (Å²) < 4.78 is 4.65. The smallest absolute Gasteiger partial charge is 0.337 e. The molecule has 1 N–H and O–H groups in total. The van der Waals surface area contributed by atoms with E-state index >= 15 is 0 Å². The monoisotopic (exact) mass is 356 g/mol. The molecule has 0 aliphatic heterocycles. The number of hydrogen-bond donors (Lipinski definition) is 1. The Hall–Kier alpha value is -3.19. The molecule has 2 aromatic carbocycles. The van der Waals surface area contributed by atoms with Crippen LogP contribution in [0.5, 0.6) is 0 Å². The lowest BCUT2D eigenvalue weighted by atomic mass is 10.2. The maximum atomic E-state index is 12.4. The largest absolute Gasteiger partial charge is 0.465 e. The molecule has 0 bridgehead atoms. The number of amides is 1. The van der Waals surface area contributed by atoms with Crippen molar-refractivity contribution in [3.05, 3.63) is 71.0 Å². The number of methoxy groups -OCH3 is 1. The number of carbonyl (C=O) groups is 2. The first-order valence-electron chi connectivity index (χ1n) is 7.25. The minimum absolute atomic E-state index is 0.114. The molecule has 0 aliphatic carbocycles. The lowest BCUT2D eigenvalue weighted by Crippen LogP contribution is -2.14. The summed E-state index contributed by atoms with van der Waals surface area (Å²) in [6.45, 7) is 0. The standard InChI is InChI=1S/C17H13ClN4O3/c1-25-17(24)11-7-8-13(18)14(9-11)20-16(23)15-10-19-22(21-15)12-5-3-2-4-6-12/h2-10H,1H3,(H,20,23). The average molecular weight is 357 g/mol. The lowest BCUT2D eigenvalue weighted by molar-refractivity contribution is 0.0600. The van der Waals surface area contributed by atoms with Crippen LogP contribution in [0.2, 0.25) is 5.02 Å². The Bertz CT molecular complexity index is 925. The maximum absolute atomic E-state index is 12.4. The van der Waals surface area contributed by atoms with Crippen molar-refractivity contribution in [3.63, 3.8) is 0 Å². The van der Waals surface area contributed by atoms with E-state index in [-0.39, 0.29) is 22.0 Å². The third-order valence-electron chi connectivity index (χ3n) is 3.35. The quantitative estimate of drug-likeness (QED) is 0.726. The van der Waals surface area contributed by atoms with Gasteiger partial charge in [0.25, 0.3) is 5.91 Å². The average Bonchev–Trinajstić information content (AvgIpc) is 3.14. The van der Waals surface area contributed by atoms with Crippen molar-refractivity contribution < 1.29 is 14.3 Å². The molecule has 7 nitrogen and oxygen atoms in total. The summed E-state index contributed by atoms with van der Waals surface area (Å²) in [6.07, 6.45) is 1.35. The van der Waals surface area contributed by atoms with Crippen LogP contribution in [0.1, 0.15) is 20.8 Å². The van der Waals surface area contributed by atoms with Crippen LogP contribution in [0.3, 0.4) is 0 Å². The topological polar surface area (TPSA) is 86.1 Å². The number of benzene rings is 2. The van der Waals surface area contributed by atoms with Crippen molar-refractivity contribution in [1.82, 2.24) is 15.0 Å². The van der Waals surface area contributed by atoms with E-state index in [9.17, 15) is 9.59 Å². The number of nitrogens with one attached hydrogen (secondary N) is 1. The van der Waals surface area contributed by atoms with Gasteiger partial charge in [0.05, 0.1) is 35.3 Å². The summed E-state index contributed by atoms with van der Waals surface area (Å²) in [5.41, 5.74) is 1.40. The van der Waals surface area contributed by atoms with Gasteiger partial charge < -0.3 is 10.1 Å². The molecule has 1 heterocycles. The number of hydrogen-bond acceptors (Lipinski definition) is 5. The molecule has 126 valence electrons. The fraction of sp³-hybridized carbons (Fsp3) is 0.0588. The summed E-state index contributed by atoms with van der Waals surface area (Å²) in [6, 6.07) is 13.6. The van der Waals surface area contributed by atoms with Gasteiger partial charge in [0.1, 0.15) is 0 Å². The first-order valence-corrected chi connectivity index (χ1v) is 7.63. The molecule has 1 aromatic heterocycles. The number of nitrogens with zero attached hydrogens (tertiary/aromatic N) is 3. The molecule has 0 unspecified atom stereocenters. The molecule has 1 amide bonds. The molecule has 3 aromatic rings. The van der Waals surface area contributed by atoms with Crippen LogP contribution in [0.25, 0.3) is 5.69 Å². The van der Waals surface area contributed by atoms with E-state index in [2.05, 4.69) is 20.3 Å². The molecule has 0 atom stereocenters. The van der Waals surface area contributed by atoms with Gasteiger partial charge in [-0.05, 0) is 30.3 Å². The zero-order valence-electron chi connectivity index (χ0n) is 13.1. The summed E-state index contributed by atoms with van der Waals surface area (Å²) >= 11 is 6.07. The Morgan fingerprint density at radius 3 is 2.64 bits per heavy atom. The second-order valence-corrected chi connectivity index (χ2v) is 5.40. The summed E-state index contributed by atoms with van der Waals surface area (Å²) in [7, 11) is 1.27. The fourth-order valence-electron chi connectivity index (χ4n) is 2.11. The molecule has 8 heteroatoms. The Morgan fingerprint density at radius 1 is 1.16 bits per heavy atom. The predicted molar refractivity (Wildman–Crippen MR) is 92.1 cm³/mol. The number of halogens is 1. The fourth-order valence-corrected chi connectivity index (χ4v) is 2.27. The van der Waals surface area contributed by atoms with Crippen LogP contribution in [0.15, 0.2) is 54.7 Å². The van der Waals surface area contributed by atoms with E-state index in [0.29, 0.717) is 0 Å². The third kappa shape index (κ3) is 3.67. The van der Waals surface area contributed by atoms with Crippen LogP contribution >= 0.6 is 11.6 Å². The highest BCUT2D eigenvalue weighted by Gasteiger charge is 2.15. The highest BCUT2D eigenvalue weighted by molar-refractivity contribution is 6.34. The second kappa shape index (κ2) is 7.14. The van der Waals surface area contributed by atoms with E-state index < -0.39 is 11.9 Å². The van der Waals surface area contributed by atoms with E-state index in [1.165, 1.54) is 36.3 Å². The number of anilines is 1. The normalized spacial score (nSPS) is 10.3. The van der Waals surface area contributed by atoms with Crippen molar-refractivity contribution in [2.45, 2.75) is 0 Å². The lowest BCUT2D eigenvalue weighted by Gasteiger charge is -2.07. The zero-order chi connectivity index (χ0) is 17.8. The number of rotatable bonds is 4. The van der Waals surface area contributed by atoms with Crippen molar-refractivity contribution >= 4 is 29.2 Å². The molecule has 0 saturated heterocycles. The summed E-state index contributed by atoms with van der Waals surface area (Å²) in [4.78, 5) is 25.3. The van der Waals surface area contributed by atoms with E-state index in [1.54, 1.807) is 0 Å². The molecule has 0 aliphatic rings. The Balaban J connectivity index is 1.81. The SMILES string of the molecule is COC(=O)c1ccc(Cl)c(NC(=O)c2cnn(-c3ccccc3)n2)c1. The van der Waals surface area contributed by atoms with Crippen molar-refractivity contribution in [3.8, 4) is 5.69 Å². The van der Waals surface area contributed by atoms with Crippen LogP contribution in [0.4, 0.5) is 5.69 Å². The van der Waals surface area contributed by atoms with Crippen LogP contribution < -0.4 is 5.32 Å². The van der Waals surface area contributed by atoms with Gasteiger partial charge in [-0.3, -0.25) is 4.79 Å².